The zero-order valence-electron chi connectivity index (χ0n) is 17.5. The highest BCUT2D eigenvalue weighted by atomic mass is 16.5. The van der Waals surface area contributed by atoms with Crippen LogP contribution in [0.25, 0.3) is 17.2 Å². The van der Waals surface area contributed by atoms with Crippen molar-refractivity contribution in [3.63, 3.8) is 0 Å². The molecule has 5 N–H and O–H groups in total. The molecule has 7 nitrogen and oxygen atoms in total. The molecule has 7 heteroatoms. The van der Waals surface area contributed by atoms with Crippen LogP contribution < -0.4 is 10.5 Å². The summed E-state index contributed by atoms with van der Waals surface area (Å²) in [4.78, 5) is 4.16. The van der Waals surface area contributed by atoms with Crippen LogP contribution in [0.1, 0.15) is 30.5 Å². The van der Waals surface area contributed by atoms with E-state index in [2.05, 4.69) is 4.98 Å². The van der Waals surface area contributed by atoms with Gasteiger partial charge in [0.2, 0.25) is 0 Å². The summed E-state index contributed by atoms with van der Waals surface area (Å²) in [6, 6.07) is 15.1. The van der Waals surface area contributed by atoms with Gasteiger partial charge in [0.15, 0.2) is 0 Å². The molecule has 0 amide bonds. The van der Waals surface area contributed by atoms with Gasteiger partial charge in [-0.05, 0) is 35.7 Å². The van der Waals surface area contributed by atoms with E-state index in [4.69, 9.17) is 15.6 Å². The lowest BCUT2D eigenvalue weighted by Crippen LogP contribution is -2.31. The van der Waals surface area contributed by atoms with Gasteiger partial charge < -0.3 is 30.4 Å². The van der Waals surface area contributed by atoms with E-state index in [9.17, 15) is 10.2 Å². The predicted molar refractivity (Wildman–Crippen MR) is 120 cm³/mol. The van der Waals surface area contributed by atoms with E-state index in [0.717, 1.165) is 16.7 Å². The van der Waals surface area contributed by atoms with Crippen molar-refractivity contribution in [1.29, 1.82) is 0 Å². The van der Waals surface area contributed by atoms with Gasteiger partial charge in [-0.15, -0.1) is 0 Å². The molecule has 0 fully saturated rings. The molecule has 3 rings (SSSR count). The van der Waals surface area contributed by atoms with Crippen molar-refractivity contribution in [2.24, 2.45) is 5.73 Å². The Morgan fingerprint density at radius 3 is 2.26 bits per heavy atom. The Labute approximate surface area is 182 Å². The molecule has 0 bridgehead atoms. The van der Waals surface area contributed by atoms with Crippen molar-refractivity contribution in [2.45, 2.75) is 25.1 Å². The van der Waals surface area contributed by atoms with Gasteiger partial charge in [-0.1, -0.05) is 48.6 Å². The first kappa shape index (κ1) is 22.7. The molecular formula is C24H29N3O4. The number of aliphatic hydroxyl groups excluding tert-OH is 3. The standard InChI is InChI=1S/C24H29N3O4/c1-17(30)24-26-12-13-27(24)22(15-29)9-4-18-2-5-19(6-3-18)20-7-10-23(11-8-20)31-16-21(25)14-28/h2-13,17,21-22,28-30H,14-16,25H2,1H3/t17-,21+,22?/m0/s1. The summed E-state index contributed by atoms with van der Waals surface area (Å²) in [5.74, 6) is 1.23. The number of aliphatic hydroxyl groups is 3. The lowest BCUT2D eigenvalue weighted by Gasteiger charge is -2.16. The molecule has 0 aliphatic rings. The summed E-state index contributed by atoms with van der Waals surface area (Å²) < 4.78 is 7.32. The van der Waals surface area contributed by atoms with Crippen LogP contribution in [0.2, 0.25) is 0 Å². The van der Waals surface area contributed by atoms with Crippen molar-refractivity contribution >= 4 is 6.08 Å². The van der Waals surface area contributed by atoms with Crippen LogP contribution in [0.15, 0.2) is 67.0 Å². The minimum absolute atomic E-state index is 0.0949. The number of benzene rings is 2. The van der Waals surface area contributed by atoms with Crippen molar-refractivity contribution in [1.82, 2.24) is 9.55 Å². The van der Waals surface area contributed by atoms with Gasteiger partial charge in [0.05, 0.1) is 25.3 Å². The van der Waals surface area contributed by atoms with Crippen molar-refractivity contribution in [3.05, 3.63) is 78.4 Å². The predicted octanol–water partition coefficient (Wildman–Crippen LogP) is 2.55. The molecule has 164 valence electrons. The first-order valence-electron chi connectivity index (χ1n) is 10.2. The summed E-state index contributed by atoms with van der Waals surface area (Å²) in [6.45, 7) is 1.71. The molecule has 2 aromatic carbocycles. The van der Waals surface area contributed by atoms with Crippen LogP contribution in [0.3, 0.4) is 0 Å². The fourth-order valence-corrected chi connectivity index (χ4v) is 3.18. The second kappa shape index (κ2) is 10.9. The Kier molecular flexibility index (Phi) is 7.97. The number of rotatable bonds is 10. The van der Waals surface area contributed by atoms with Gasteiger partial charge >= 0.3 is 0 Å². The van der Waals surface area contributed by atoms with Crippen LogP contribution in [0.4, 0.5) is 0 Å². The SMILES string of the molecule is C[C@H](O)c1nccn1C(C=Cc1ccc(-c2ccc(OC[C@H](N)CO)cc2)cc1)CO. The molecule has 0 saturated heterocycles. The van der Waals surface area contributed by atoms with Crippen molar-refractivity contribution < 1.29 is 20.1 Å². The van der Waals surface area contributed by atoms with Gasteiger partial charge in [-0.2, -0.15) is 0 Å². The summed E-state index contributed by atoms with van der Waals surface area (Å²) in [7, 11) is 0. The quantitative estimate of drug-likeness (QED) is 0.399. The third kappa shape index (κ3) is 6.02. The monoisotopic (exact) mass is 423 g/mol. The third-order valence-electron chi connectivity index (χ3n) is 4.92. The molecule has 1 aromatic heterocycles. The molecule has 0 aliphatic heterocycles. The first-order chi connectivity index (χ1) is 15.0. The van der Waals surface area contributed by atoms with Gasteiger partial charge in [-0.3, -0.25) is 0 Å². The number of imidazole rings is 1. The average molecular weight is 424 g/mol. The van der Waals surface area contributed by atoms with E-state index in [1.165, 1.54) is 0 Å². The lowest BCUT2D eigenvalue weighted by atomic mass is 10.0. The van der Waals surface area contributed by atoms with Gasteiger partial charge in [0.1, 0.15) is 24.3 Å². The van der Waals surface area contributed by atoms with Crippen molar-refractivity contribution in [2.75, 3.05) is 19.8 Å². The first-order valence-corrected chi connectivity index (χ1v) is 10.2. The van der Waals surface area contributed by atoms with Crippen LogP contribution in [-0.2, 0) is 0 Å². The van der Waals surface area contributed by atoms with E-state index < -0.39 is 12.1 Å². The topological polar surface area (TPSA) is 114 Å². The molecule has 1 unspecified atom stereocenters. The van der Waals surface area contributed by atoms with E-state index in [0.29, 0.717) is 11.6 Å². The van der Waals surface area contributed by atoms with E-state index in [-0.39, 0.29) is 25.9 Å². The Bertz CT molecular complexity index is 965. The number of nitrogens with two attached hydrogens (primary N) is 1. The molecule has 3 atom stereocenters. The number of ether oxygens (including phenoxy) is 1. The highest BCUT2D eigenvalue weighted by Gasteiger charge is 2.14. The fourth-order valence-electron chi connectivity index (χ4n) is 3.18. The largest absolute Gasteiger partial charge is 0.492 e. The number of hydrogen-bond donors (Lipinski definition) is 4. The smallest absolute Gasteiger partial charge is 0.137 e. The fraction of sp³-hybridized carbons (Fsp3) is 0.292. The normalized spacial score (nSPS) is 14.5. The average Bonchev–Trinajstić information content (AvgIpc) is 3.29. The van der Waals surface area contributed by atoms with E-state index >= 15 is 0 Å². The minimum Gasteiger partial charge on any atom is -0.492 e. The summed E-state index contributed by atoms with van der Waals surface area (Å²) >= 11 is 0. The molecule has 0 spiro atoms. The highest BCUT2D eigenvalue weighted by molar-refractivity contribution is 5.66. The second-order valence-corrected chi connectivity index (χ2v) is 7.38. The molecule has 31 heavy (non-hydrogen) atoms. The summed E-state index contributed by atoms with van der Waals surface area (Å²) in [6.07, 6.45) is 6.50. The third-order valence-corrected chi connectivity index (χ3v) is 4.92. The number of hydrogen-bond acceptors (Lipinski definition) is 6. The molecule has 3 aromatic rings. The summed E-state index contributed by atoms with van der Waals surface area (Å²) in [5, 5.41) is 28.6. The highest BCUT2D eigenvalue weighted by Crippen LogP contribution is 2.24. The maximum atomic E-state index is 9.83. The van der Waals surface area contributed by atoms with E-state index in [1.807, 2.05) is 60.7 Å². The van der Waals surface area contributed by atoms with E-state index in [1.54, 1.807) is 23.9 Å². The molecular weight excluding hydrogens is 394 g/mol. The van der Waals surface area contributed by atoms with Gasteiger partial charge in [0.25, 0.3) is 0 Å². The van der Waals surface area contributed by atoms with Crippen LogP contribution in [0, 0.1) is 0 Å². The number of aromatic nitrogens is 2. The van der Waals surface area contributed by atoms with Crippen LogP contribution in [-0.4, -0.2) is 50.7 Å². The Hall–Kier alpha value is -2.97. The lowest BCUT2D eigenvalue weighted by molar-refractivity contribution is 0.175. The molecule has 0 radical (unpaired) electrons. The number of nitrogens with zero attached hydrogens (tertiary/aromatic N) is 2. The molecule has 0 saturated carbocycles. The Morgan fingerprint density at radius 1 is 1.03 bits per heavy atom. The maximum absolute atomic E-state index is 9.83. The second-order valence-electron chi connectivity index (χ2n) is 7.38. The van der Waals surface area contributed by atoms with Gasteiger partial charge in [-0.25, -0.2) is 4.98 Å². The molecule has 0 aliphatic carbocycles. The Morgan fingerprint density at radius 2 is 1.68 bits per heavy atom. The minimum atomic E-state index is -0.708. The van der Waals surface area contributed by atoms with Crippen LogP contribution in [0.5, 0.6) is 5.75 Å². The maximum Gasteiger partial charge on any atom is 0.137 e. The summed E-state index contributed by atoms with van der Waals surface area (Å²) in [5.41, 5.74) is 8.77. The Balaban J connectivity index is 1.66. The zero-order chi connectivity index (χ0) is 22.2. The molecule has 1 heterocycles. The zero-order valence-corrected chi connectivity index (χ0v) is 17.5. The van der Waals surface area contributed by atoms with Crippen LogP contribution >= 0.6 is 0 Å². The van der Waals surface area contributed by atoms with Crippen molar-refractivity contribution in [3.8, 4) is 16.9 Å². The van der Waals surface area contributed by atoms with Gasteiger partial charge in [0, 0.05) is 12.4 Å².